The first-order valence-electron chi connectivity index (χ1n) is 5.88. The van der Waals surface area contributed by atoms with Crippen molar-refractivity contribution in [1.29, 1.82) is 0 Å². The molecule has 5 heteroatoms. The predicted octanol–water partition coefficient (Wildman–Crippen LogP) is 2.94. The molecule has 0 saturated heterocycles. The van der Waals surface area contributed by atoms with Crippen molar-refractivity contribution < 1.29 is 4.79 Å². The van der Waals surface area contributed by atoms with Gasteiger partial charge in [-0.1, -0.05) is 36.2 Å². The Morgan fingerprint density at radius 2 is 2.11 bits per heavy atom. The fourth-order valence-corrected chi connectivity index (χ4v) is 2.21. The van der Waals surface area contributed by atoms with E-state index in [9.17, 15) is 4.79 Å². The van der Waals surface area contributed by atoms with Crippen LogP contribution in [0.3, 0.4) is 0 Å². The maximum absolute atomic E-state index is 12.1. The normalized spacial score (nSPS) is 12.3. The van der Waals surface area contributed by atoms with E-state index in [1.165, 1.54) is 0 Å². The van der Waals surface area contributed by atoms with E-state index in [4.69, 9.17) is 28.9 Å². The lowest BCUT2D eigenvalue weighted by Crippen LogP contribution is -2.35. The Balaban J connectivity index is 2.75. The number of carbonyl (C=O) groups is 1. The van der Waals surface area contributed by atoms with Crippen LogP contribution in [0.5, 0.6) is 0 Å². The highest BCUT2D eigenvalue weighted by atomic mass is 35.5. The maximum atomic E-state index is 12.1. The van der Waals surface area contributed by atoms with Crippen molar-refractivity contribution in [3.63, 3.8) is 0 Å². The van der Waals surface area contributed by atoms with E-state index in [1.807, 2.05) is 13.0 Å². The molecule has 1 rings (SSSR count). The lowest BCUT2D eigenvalue weighted by molar-refractivity contribution is -0.134. The average Bonchev–Trinajstić information content (AvgIpc) is 2.34. The third-order valence-corrected chi connectivity index (χ3v) is 3.51. The van der Waals surface area contributed by atoms with Crippen LogP contribution in [-0.2, 0) is 11.3 Å². The summed E-state index contributed by atoms with van der Waals surface area (Å²) in [6, 6.07) is 5.27. The first kappa shape index (κ1) is 15.3. The summed E-state index contributed by atoms with van der Waals surface area (Å²) in [7, 11) is 1.76. The van der Waals surface area contributed by atoms with Gasteiger partial charge in [0.2, 0.25) is 5.91 Å². The van der Waals surface area contributed by atoms with E-state index >= 15 is 0 Å². The number of rotatable bonds is 5. The second-order valence-electron chi connectivity index (χ2n) is 4.27. The van der Waals surface area contributed by atoms with Crippen LogP contribution in [0, 0.1) is 5.92 Å². The molecule has 1 unspecified atom stereocenters. The van der Waals surface area contributed by atoms with Gasteiger partial charge in [-0.15, -0.1) is 0 Å². The topological polar surface area (TPSA) is 46.3 Å². The molecule has 0 aliphatic carbocycles. The summed E-state index contributed by atoms with van der Waals surface area (Å²) in [5.41, 5.74) is 6.45. The molecule has 0 heterocycles. The van der Waals surface area contributed by atoms with Crippen LogP contribution in [0.1, 0.15) is 18.9 Å². The number of nitrogens with zero attached hydrogens (tertiary/aromatic N) is 1. The zero-order chi connectivity index (χ0) is 13.7. The summed E-state index contributed by atoms with van der Waals surface area (Å²) in [6.45, 7) is 2.79. The predicted molar refractivity (Wildman–Crippen MR) is 75.8 cm³/mol. The van der Waals surface area contributed by atoms with Crippen molar-refractivity contribution in [2.24, 2.45) is 11.7 Å². The Labute approximate surface area is 118 Å². The molecule has 0 spiro atoms. The van der Waals surface area contributed by atoms with Gasteiger partial charge in [0, 0.05) is 30.2 Å². The molecule has 1 atom stereocenters. The molecule has 2 N–H and O–H groups in total. The summed E-state index contributed by atoms with van der Waals surface area (Å²) >= 11 is 11.9. The summed E-state index contributed by atoms with van der Waals surface area (Å²) < 4.78 is 0. The van der Waals surface area contributed by atoms with E-state index < -0.39 is 0 Å². The first-order chi connectivity index (χ1) is 8.49. The Hall–Kier alpha value is -0.770. The fraction of sp³-hybridized carbons (Fsp3) is 0.462. The molecule has 0 bridgehead atoms. The van der Waals surface area contributed by atoms with Crippen LogP contribution in [0.25, 0.3) is 0 Å². The highest BCUT2D eigenvalue weighted by Gasteiger charge is 2.19. The number of amides is 1. The smallest absolute Gasteiger partial charge is 0.226 e. The van der Waals surface area contributed by atoms with Gasteiger partial charge in [-0.2, -0.15) is 0 Å². The van der Waals surface area contributed by atoms with Crippen LogP contribution < -0.4 is 5.73 Å². The van der Waals surface area contributed by atoms with Gasteiger partial charge >= 0.3 is 0 Å². The quantitative estimate of drug-likeness (QED) is 0.906. The van der Waals surface area contributed by atoms with E-state index in [0.29, 0.717) is 23.1 Å². The number of benzene rings is 1. The third-order valence-electron chi connectivity index (χ3n) is 2.93. The largest absolute Gasteiger partial charge is 0.341 e. The monoisotopic (exact) mass is 288 g/mol. The molecule has 0 aromatic heterocycles. The third kappa shape index (κ3) is 3.87. The maximum Gasteiger partial charge on any atom is 0.226 e. The summed E-state index contributed by atoms with van der Waals surface area (Å²) in [5.74, 6) is -0.0768. The molecule has 1 amide bonds. The molecule has 1 aromatic rings. The number of halogens is 2. The molecular formula is C13H18Cl2N2O. The van der Waals surface area contributed by atoms with Crippen LogP contribution in [0.4, 0.5) is 0 Å². The number of carbonyl (C=O) groups excluding carboxylic acids is 1. The molecule has 0 radical (unpaired) electrons. The molecule has 0 saturated carbocycles. The van der Waals surface area contributed by atoms with Crippen LogP contribution in [0.2, 0.25) is 10.0 Å². The Morgan fingerprint density at radius 1 is 1.44 bits per heavy atom. The van der Waals surface area contributed by atoms with Gasteiger partial charge in [-0.3, -0.25) is 4.79 Å². The SMILES string of the molecule is CCC(CN)C(=O)N(C)Cc1ccc(Cl)cc1Cl. The Kier molecular flexibility index (Phi) is 5.93. The minimum Gasteiger partial charge on any atom is -0.341 e. The minimum atomic E-state index is -0.124. The number of hydrogen-bond donors (Lipinski definition) is 1. The molecule has 3 nitrogen and oxygen atoms in total. The van der Waals surface area contributed by atoms with E-state index in [0.717, 1.165) is 12.0 Å². The van der Waals surface area contributed by atoms with Crippen LogP contribution in [0.15, 0.2) is 18.2 Å². The molecular weight excluding hydrogens is 271 g/mol. The standard InChI is InChI=1S/C13H18Cl2N2O/c1-3-9(7-16)13(18)17(2)8-10-4-5-11(14)6-12(10)15/h4-6,9H,3,7-8,16H2,1-2H3. The number of nitrogens with two attached hydrogens (primary N) is 1. The molecule has 0 fully saturated rings. The zero-order valence-electron chi connectivity index (χ0n) is 10.6. The minimum absolute atomic E-state index is 0.0472. The van der Waals surface area contributed by atoms with Gasteiger partial charge in [0.05, 0.1) is 5.92 Å². The Morgan fingerprint density at radius 3 is 2.61 bits per heavy atom. The second-order valence-corrected chi connectivity index (χ2v) is 5.11. The van der Waals surface area contributed by atoms with Crippen molar-refractivity contribution in [2.45, 2.75) is 19.9 Å². The van der Waals surface area contributed by atoms with Gasteiger partial charge in [-0.25, -0.2) is 0 Å². The van der Waals surface area contributed by atoms with Crippen LogP contribution >= 0.6 is 23.2 Å². The molecule has 100 valence electrons. The van der Waals surface area contributed by atoms with Gasteiger partial charge in [0.1, 0.15) is 0 Å². The first-order valence-corrected chi connectivity index (χ1v) is 6.64. The van der Waals surface area contributed by atoms with Crippen molar-refractivity contribution >= 4 is 29.1 Å². The molecule has 1 aromatic carbocycles. The summed E-state index contributed by atoms with van der Waals surface area (Å²) in [6.07, 6.45) is 0.744. The summed E-state index contributed by atoms with van der Waals surface area (Å²) in [4.78, 5) is 13.7. The van der Waals surface area contributed by atoms with Gasteiger partial charge < -0.3 is 10.6 Å². The van der Waals surface area contributed by atoms with E-state index in [2.05, 4.69) is 0 Å². The van der Waals surface area contributed by atoms with Gasteiger partial charge in [0.25, 0.3) is 0 Å². The summed E-state index contributed by atoms with van der Waals surface area (Å²) in [5, 5.41) is 1.16. The fourth-order valence-electron chi connectivity index (χ4n) is 1.74. The highest BCUT2D eigenvalue weighted by molar-refractivity contribution is 6.35. The lowest BCUT2D eigenvalue weighted by Gasteiger charge is -2.22. The van der Waals surface area contributed by atoms with Crippen LogP contribution in [-0.4, -0.2) is 24.4 Å². The molecule has 18 heavy (non-hydrogen) atoms. The average molecular weight is 289 g/mol. The lowest BCUT2D eigenvalue weighted by atomic mass is 10.1. The van der Waals surface area contributed by atoms with Crippen molar-refractivity contribution in [2.75, 3.05) is 13.6 Å². The molecule has 0 aliphatic heterocycles. The molecule has 0 aliphatic rings. The Bertz CT molecular complexity index is 419. The number of hydrogen-bond acceptors (Lipinski definition) is 2. The van der Waals surface area contributed by atoms with E-state index in [-0.39, 0.29) is 11.8 Å². The van der Waals surface area contributed by atoms with Crippen molar-refractivity contribution in [1.82, 2.24) is 4.90 Å². The van der Waals surface area contributed by atoms with Crippen molar-refractivity contribution in [3.05, 3.63) is 33.8 Å². The highest BCUT2D eigenvalue weighted by Crippen LogP contribution is 2.22. The zero-order valence-corrected chi connectivity index (χ0v) is 12.1. The van der Waals surface area contributed by atoms with Crippen molar-refractivity contribution in [3.8, 4) is 0 Å². The van der Waals surface area contributed by atoms with Gasteiger partial charge in [-0.05, 0) is 24.1 Å². The second kappa shape index (κ2) is 6.98. The van der Waals surface area contributed by atoms with E-state index in [1.54, 1.807) is 24.1 Å². The van der Waals surface area contributed by atoms with Gasteiger partial charge in [0.15, 0.2) is 0 Å².